The van der Waals surface area contributed by atoms with Gasteiger partial charge in [0.05, 0.1) is 13.7 Å². The van der Waals surface area contributed by atoms with Crippen LogP contribution in [0.1, 0.15) is 5.56 Å². The van der Waals surface area contributed by atoms with Crippen LogP contribution in [-0.4, -0.2) is 42.3 Å². The molecule has 0 spiro atoms. The Bertz CT molecular complexity index is 748. The molecule has 1 aliphatic rings. The van der Waals surface area contributed by atoms with E-state index in [0.29, 0.717) is 12.0 Å². The average molecular weight is 414 g/mol. The van der Waals surface area contributed by atoms with Crippen molar-refractivity contribution in [3.63, 3.8) is 0 Å². The zero-order valence-corrected chi connectivity index (χ0v) is 14.9. The summed E-state index contributed by atoms with van der Waals surface area (Å²) in [6, 6.07) is 3.98. The Hall–Kier alpha value is -1.81. The molecule has 3 nitrogen and oxygen atoms in total. The van der Waals surface area contributed by atoms with Gasteiger partial charge in [0.2, 0.25) is 0 Å². The predicted octanol–water partition coefficient (Wildman–Crippen LogP) is 4.66. The van der Waals surface area contributed by atoms with E-state index < -0.39 is 46.5 Å². The van der Waals surface area contributed by atoms with E-state index in [1.807, 2.05) is 0 Å². The minimum Gasteiger partial charge on any atom is -0.493 e. The van der Waals surface area contributed by atoms with Crippen LogP contribution < -0.4 is 9.47 Å². The smallest absolute Gasteiger partial charge is 0.384 e. The van der Waals surface area contributed by atoms with Crippen LogP contribution in [0.5, 0.6) is 11.5 Å². The van der Waals surface area contributed by atoms with Crippen LogP contribution in [0.25, 0.3) is 0 Å². The van der Waals surface area contributed by atoms with Gasteiger partial charge in [0.15, 0.2) is 17.3 Å². The average Bonchev–Trinajstić information content (AvgIpc) is 2.70. The summed E-state index contributed by atoms with van der Waals surface area (Å²) in [5.74, 6) is -18.9. The van der Waals surface area contributed by atoms with Crippen LogP contribution >= 0.6 is 11.8 Å². The first-order valence-corrected chi connectivity index (χ1v) is 8.61. The number of aliphatic hydroxyl groups is 1. The van der Waals surface area contributed by atoms with E-state index in [1.165, 1.54) is 19.2 Å². The third kappa shape index (κ3) is 3.52. The fourth-order valence-electron chi connectivity index (χ4n) is 2.38. The van der Waals surface area contributed by atoms with Gasteiger partial charge in [0, 0.05) is 5.75 Å². The number of methoxy groups -OCH3 is 1. The van der Waals surface area contributed by atoms with Crippen molar-refractivity contribution >= 4 is 11.8 Å². The zero-order chi connectivity index (χ0) is 20.5. The minimum absolute atomic E-state index is 0.0118. The van der Waals surface area contributed by atoms with Crippen LogP contribution in [0, 0.1) is 0 Å². The van der Waals surface area contributed by atoms with Crippen LogP contribution in [-0.2, 0) is 6.42 Å². The van der Waals surface area contributed by atoms with E-state index in [0.717, 1.165) is 6.07 Å². The number of alkyl halides is 6. The summed E-state index contributed by atoms with van der Waals surface area (Å²) in [5, 5.41) is 8.76. The Balaban J connectivity index is 2.54. The first-order valence-electron chi connectivity index (χ1n) is 7.62. The number of halogens is 6. The maximum absolute atomic E-state index is 14.1. The lowest BCUT2D eigenvalue weighted by atomic mass is 10.1. The first-order chi connectivity index (χ1) is 12.5. The molecule has 2 rings (SSSR count). The standard InChI is InChI=1S/C17H16F6O3S/c1-3-4-10-5-6-11(12(9-10)25-2)26-13-14(27-8-7-24)16(20,21)17(22,23)15(13,18)19/h3,5-6,9,24H,1,4,7-8H2,2H3. The van der Waals surface area contributed by atoms with Crippen LogP contribution in [0.15, 0.2) is 41.5 Å². The molecule has 1 aromatic carbocycles. The normalized spacial score (nSPS) is 19.9. The number of ether oxygens (including phenoxy) is 2. The van der Waals surface area contributed by atoms with Gasteiger partial charge in [-0.25, -0.2) is 0 Å². The highest BCUT2D eigenvalue weighted by Crippen LogP contribution is 2.62. The molecule has 0 aliphatic heterocycles. The van der Waals surface area contributed by atoms with Crippen molar-refractivity contribution in [2.45, 2.75) is 24.2 Å². The van der Waals surface area contributed by atoms with Gasteiger partial charge < -0.3 is 14.6 Å². The third-order valence-electron chi connectivity index (χ3n) is 3.72. The molecule has 0 bridgehead atoms. The molecule has 27 heavy (non-hydrogen) atoms. The van der Waals surface area contributed by atoms with E-state index in [4.69, 9.17) is 14.6 Å². The molecule has 0 heterocycles. The number of thioether (sulfide) groups is 1. The lowest BCUT2D eigenvalue weighted by molar-refractivity contribution is -0.268. The number of rotatable bonds is 8. The Morgan fingerprint density at radius 3 is 2.33 bits per heavy atom. The molecular formula is C17H16F6O3S. The molecule has 1 N–H and O–H groups in total. The second-order valence-corrected chi connectivity index (χ2v) is 6.64. The summed E-state index contributed by atoms with van der Waals surface area (Å²) >= 11 is -0.0118. The fourth-order valence-corrected chi connectivity index (χ4v) is 3.29. The molecular weight excluding hydrogens is 398 g/mol. The highest BCUT2D eigenvalue weighted by atomic mass is 32.2. The van der Waals surface area contributed by atoms with E-state index in [2.05, 4.69) is 6.58 Å². The number of benzene rings is 1. The minimum atomic E-state index is -5.68. The van der Waals surface area contributed by atoms with Gasteiger partial charge in [0.25, 0.3) is 0 Å². The van der Waals surface area contributed by atoms with Gasteiger partial charge in [-0.2, -0.15) is 26.3 Å². The SMILES string of the molecule is C=CCc1ccc(OC2=C(SCCO)C(F)(F)C(F)(F)C2(F)F)c(OC)c1. The second kappa shape index (κ2) is 7.67. The predicted molar refractivity (Wildman–Crippen MR) is 88.9 cm³/mol. The summed E-state index contributed by atoms with van der Waals surface area (Å²) in [6.45, 7) is 2.87. The Morgan fingerprint density at radius 1 is 1.11 bits per heavy atom. The lowest BCUT2D eigenvalue weighted by Gasteiger charge is -2.25. The molecule has 0 aromatic heterocycles. The molecule has 1 aromatic rings. The van der Waals surface area contributed by atoms with Crippen molar-refractivity contribution in [3.8, 4) is 11.5 Å². The summed E-state index contributed by atoms with van der Waals surface area (Å²) in [7, 11) is 1.19. The van der Waals surface area contributed by atoms with Crippen molar-refractivity contribution in [3.05, 3.63) is 47.1 Å². The maximum Gasteiger partial charge on any atom is 0.384 e. The molecule has 10 heteroatoms. The summed E-state index contributed by atoms with van der Waals surface area (Å²) < 4.78 is 93.6. The highest BCUT2D eigenvalue weighted by Gasteiger charge is 2.81. The molecule has 0 saturated carbocycles. The van der Waals surface area contributed by atoms with E-state index in [9.17, 15) is 26.3 Å². The van der Waals surface area contributed by atoms with E-state index in [-0.39, 0.29) is 17.5 Å². The Labute approximate surface area is 155 Å². The molecule has 0 fully saturated rings. The quantitative estimate of drug-likeness (QED) is 0.496. The molecule has 0 amide bonds. The summed E-state index contributed by atoms with van der Waals surface area (Å²) in [4.78, 5) is -1.62. The third-order valence-corrected chi connectivity index (χ3v) is 4.84. The second-order valence-electron chi connectivity index (χ2n) is 5.53. The largest absolute Gasteiger partial charge is 0.493 e. The van der Waals surface area contributed by atoms with Gasteiger partial charge in [-0.05, 0) is 24.1 Å². The number of allylic oxidation sites excluding steroid dienone is 3. The maximum atomic E-state index is 14.1. The zero-order valence-electron chi connectivity index (χ0n) is 14.1. The van der Waals surface area contributed by atoms with Gasteiger partial charge in [-0.15, -0.1) is 18.3 Å². The van der Waals surface area contributed by atoms with Crippen molar-refractivity contribution in [1.82, 2.24) is 0 Å². The molecule has 0 saturated heterocycles. The van der Waals surface area contributed by atoms with Gasteiger partial charge in [-0.1, -0.05) is 12.1 Å². The lowest BCUT2D eigenvalue weighted by Crippen LogP contribution is -2.49. The van der Waals surface area contributed by atoms with Gasteiger partial charge >= 0.3 is 17.8 Å². The van der Waals surface area contributed by atoms with Crippen molar-refractivity contribution in [2.75, 3.05) is 19.5 Å². The monoisotopic (exact) mass is 414 g/mol. The Morgan fingerprint density at radius 2 is 1.78 bits per heavy atom. The molecule has 0 atom stereocenters. The van der Waals surface area contributed by atoms with E-state index in [1.54, 1.807) is 6.08 Å². The van der Waals surface area contributed by atoms with E-state index >= 15 is 0 Å². The first kappa shape index (κ1) is 21.5. The van der Waals surface area contributed by atoms with Crippen LogP contribution in [0.2, 0.25) is 0 Å². The summed E-state index contributed by atoms with van der Waals surface area (Å²) in [6.07, 6.45) is 1.97. The summed E-state index contributed by atoms with van der Waals surface area (Å²) in [5.41, 5.74) is 0.659. The number of hydrogen-bond acceptors (Lipinski definition) is 4. The van der Waals surface area contributed by atoms with Gasteiger partial charge in [0.1, 0.15) is 4.91 Å². The van der Waals surface area contributed by atoms with Crippen molar-refractivity contribution in [1.29, 1.82) is 0 Å². The Kier molecular flexibility index (Phi) is 6.10. The molecule has 0 radical (unpaired) electrons. The van der Waals surface area contributed by atoms with Crippen molar-refractivity contribution < 1.29 is 40.9 Å². The van der Waals surface area contributed by atoms with Crippen molar-refractivity contribution in [2.24, 2.45) is 0 Å². The molecule has 1 aliphatic carbocycles. The highest BCUT2D eigenvalue weighted by molar-refractivity contribution is 8.03. The topological polar surface area (TPSA) is 38.7 Å². The number of aliphatic hydroxyl groups excluding tert-OH is 1. The van der Waals surface area contributed by atoms with Crippen LogP contribution in [0.3, 0.4) is 0 Å². The molecule has 0 unspecified atom stereocenters. The number of hydrogen-bond donors (Lipinski definition) is 1. The molecule has 150 valence electrons. The fraction of sp³-hybridized carbons (Fsp3) is 0.412. The van der Waals surface area contributed by atoms with Crippen LogP contribution in [0.4, 0.5) is 26.3 Å². The van der Waals surface area contributed by atoms with Gasteiger partial charge in [-0.3, -0.25) is 0 Å².